The summed E-state index contributed by atoms with van der Waals surface area (Å²) in [6, 6.07) is 4.90. The van der Waals surface area contributed by atoms with Crippen molar-refractivity contribution in [3.63, 3.8) is 0 Å². The molecule has 3 N–H and O–H groups in total. The number of hydrogen-bond acceptors (Lipinski definition) is 5. The second-order valence-corrected chi connectivity index (χ2v) is 4.14. The van der Waals surface area contributed by atoms with Crippen LogP contribution in [0.25, 0.3) is 0 Å². The van der Waals surface area contributed by atoms with E-state index >= 15 is 0 Å². The van der Waals surface area contributed by atoms with Gasteiger partial charge in [-0.3, -0.25) is 14.1 Å². The molecule has 1 amide bonds. The summed E-state index contributed by atoms with van der Waals surface area (Å²) in [6.07, 6.45) is 0. The lowest BCUT2D eigenvalue weighted by atomic mass is 10.2. The van der Waals surface area contributed by atoms with Crippen molar-refractivity contribution in [2.24, 2.45) is 0 Å². The van der Waals surface area contributed by atoms with Crippen LogP contribution < -0.4 is 9.50 Å². The van der Waals surface area contributed by atoms with Crippen LogP contribution in [0.2, 0.25) is 0 Å². The molecule has 0 saturated heterocycles. The quantitative estimate of drug-likeness (QED) is 0.628. The van der Waals surface area contributed by atoms with Gasteiger partial charge in [-0.15, -0.1) is 0 Å². The standard InChI is InChI=1S/C9H9NO7S/c11-8(12)5-10-9(13)6-2-1-3-7(4-6)17-18(14,15)16/h1-4H,5H2,(H,10,13)(H,11,12)(H,14,15,16). The van der Waals surface area contributed by atoms with E-state index < -0.39 is 28.8 Å². The first kappa shape index (κ1) is 13.9. The van der Waals surface area contributed by atoms with Gasteiger partial charge in [0.05, 0.1) is 0 Å². The van der Waals surface area contributed by atoms with Crippen molar-refractivity contribution in [1.82, 2.24) is 5.32 Å². The normalized spacial score (nSPS) is 10.7. The summed E-state index contributed by atoms with van der Waals surface area (Å²) in [7, 11) is -4.67. The molecule has 98 valence electrons. The van der Waals surface area contributed by atoms with Crippen LogP contribution in [0.5, 0.6) is 5.75 Å². The fraction of sp³-hybridized carbons (Fsp3) is 0.111. The van der Waals surface area contributed by atoms with E-state index in [0.717, 1.165) is 6.07 Å². The number of amides is 1. The Morgan fingerprint density at radius 3 is 2.56 bits per heavy atom. The molecule has 0 heterocycles. The minimum absolute atomic E-state index is 0.00241. The molecular formula is C9H9NO7S. The molecule has 1 aromatic rings. The monoisotopic (exact) mass is 275 g/mol. The molecule has 0 spiro atoms. The van der Waals surface area contributed by atoms with Gasteiger partial charge in [0.25, 0.3) is 5.91 Å². The van der Waals surface area contributed by atoms with Crippen LogP contribution in [0.1, 0.15) is 10.4 Å². The van der Waals surface area contributed by atoms with Gasteiger partial charge in [0.15, 0.2) is 0 Å². The van der Waals surface area contributed by atoms with Crippen LogP contribution in [0.3, 0.4) is 0 Å². The maximum absolute atomic E-state index is 11.4. The van der Waals surface area contributed by atoms with E-state index in [2.05, 4.69) is 9.50 Å². The third-order valence-electron chi connectivity index (χ3n) is 1.70. The lowest BCUT2D eigenvalue weighted by Gasteiger charge is -2.05. The first-order valence-corrected chi connectivity index (χ1v) is 5.91. The average molecular weight is 275 g/mol. The van der Waals surface area contributed by atoms with Gasteiger partial charge in [-0.05, 0) is 18.2 Å². The molecule has 0 fully saturated rings. The van der Waals surface area contributed by atoms with Gasteiger partial charge in [0, 0.05) is 5.56 Å². The zero-order valence-electron chi connectivity index (χ0n) is 8.86. The van der Waals surface area contributed by atoms with E-state index in [0.29, 0.717) is 0 Å². The van der Waals surface area contributed by atoms with Gasteiger partial charge in [0.1, 0.15) is 12.3 Å². The molecule has 0 saturated carbocycles. The summed E-state index contributed by atoms with van der Waals surface area (Å²) in [6.45, 7) is -0.567. The number of carboxylic acid groups (broad SMARTS) is 1. The van der Waals surface area contributed by atoms with Crippen molar-refractivity contribution in [3.8, 4) is 5.75 Å². The number of benzene rings is 1. The molecule has 1 rings (SSSR count). The van der Waals surface area contributed by atoms with E-state index in [4.69, 9.17) is 9.66 Å². The fourth-order valence-electron chi connectivity index (χ4n) is 1.07. The summed E-state index contributed by atoms with van der Waals surface area (Å²) in [5.74, 6) is -2.19. The Labute approximate surface area is 102 Å². The van der Waals surface area contributed by atoms with Gasteiger partial charge >= 0.3 is 16.4 Å². The summed E-state index contributed by atoms with van der Waals surface area (Å²) in [4.78, 5) is 21.7. The summed E-state index contributed by atoms with van der Waals surface area (Å²) < 4.78 is 33.5. The second kappa shape index (κ2) is 5.47. The van der Waals surface area contributed by atoms with Crippen LogP contribution in [-0.4, -0.2) is 36.5 Å². The third-order valence-corrected chi connectivity index (χ3v) is 2.10. The Bertz CT molecular complexity index is 566. The molecule has 18 heavy (non-hydrogen) atoms. The Morgan fingerprint density at radius 1 is 1.33 bits per heavy atom. The molecule has 0 bridgehead atoms. The molecule has 0 aliphatic rings. The van der Waals surface area contributed by atoms with Crippen LogP contribution >= 0.6 is 0 Å². The number of rotatable bonds is 5. The van der Waals surface area contributed by atoms with Gasteiger partial charge in [-0.25, -0.2) is 0 Å². The Hall–Kier alpha value is -2.13. The third kappa shape index (κ3) is 4.80. The SMILES string of the molecule is O=C(O)CNC(=O)c1cccc(OS(=O)(=O)O)c1. The molecule has 0 aromatic heterocycles. The zero-order chi connectivity index (χ0) is 13.8. The molecule has 0 radical (unpaired) electrons. The van der Waals surface area contributed by atoms with Crippen molar-refractivity contribution < 1.29 is 31.8 Å². The highest BCUT2D eigenvalue weighted by molar-refractivity contribution is 7.81. The fourth-order valence-corrected chi connectivity index (χ4v) is 1.42. The van der Waals surface area contributed by atoms with Crippen LogP contribution in [0, 0.1) is 0 Å². The predicted molar refractivity (Wildman–Crippen MR) is 58.6 cm³/mol. The lowest BCUT2D eigenvalue weighted by Crippen LogP contribution is -2.29. The smallest absolute Gasteiger partial charge is 0.446 e. The average Bonchev–Trinajstić information content (AvgIpc) is 2.23. The maximum Gasteiger partial charge on any atom is 0.446 e. The highest BCUT2D eigenvalue weighted by Gasteiger charge is 2.11. The minimum atomic E-state index is -4.67. The van der Waals surface area contributed by atoms with E-state index in [9.17, 15) is 18.0 Å². The number of aliphatic carboxylic acids is 1. The van der Waals surface area contributed by atoms with Crippen molar-refractivity contribution in [3.05, 3.63) is 29.8 Å². The topological polar surface area (TPSA) is 130 Å². The van der Waals surface area contributed by atoms with Gasteiger partial charge in [-0.2, -0.15) is 8.42 Å². The summed E-state index contributed by atoms with van der Waals surface area (Å²) in [5.41, 5.74) is -0.00241. The number of carbonyl (C=O) groups is 2. The maximum atomic E-state index is 11.4. The molecule has 8 nitrogen and oxygen atoms in total. The lowest BCUT2D eigenvalue weighted by molar-refractivity contribution is -0.135. The molecule has 0 unspecified atom stereocenters. The van der Waals surface area contributed by atoms with Crippen molar-refractivity contribution in [2.45, 2.75) is 0 Å². The van der Waals surface area contributed by atoms with E-state index in [-0.39, 0.29) is 11.3 Å². The first-order chi connectivity index (χ1) is 8.28. The highest BCUT2D eigenvalue weighted by Crippen LogP contribution is 2.14. The zero-order valence-corrected chi connectivity index (χ0v) is 9.68. The Morgan fingerprint density at radius 2 is 2.00 bits per heavy atom. The molecule has 1 aromatic carbocycles. The van der Waals surface area contributed by atoms with Crippen LogP contribution in [0.15, 0.2) is 24.3 Å². The summed E-state index contributed by atoms with van der Waals surface area (Å²) >= 11 is 0. The number of carboxylic acids is 1. The van der Waals surface area contributed by atoms with Crippen LogP contribution in [-0.2, 0) is 15.2 Å². The molecule has 9 heteroatoms. The van der Waals surface area contributed by atoms with E-state index in [1.165, 1.54) is 18.2 Å². The van der Waals surface area contributed by atoms with Gasteiger partial charge in [0.2, 0.25) is 0 Å². The van der Waals surface area contributed by atoms with E-state index in [1.807, 2.05) is 0 Å². The predicted octanol–water partition coefficient (Wildman–Crippen LogP) is -0.317. The van der Waals surface area contributed by atoms with Gasteiger partial charge in [-0.1, -0.05) is 6.07 Å². The summed E-state index contributed by atoms with van der Waals surface area (Å²) in [5, 5.41) is 10.4. The number of nitrogens with one attached hydrogen (secondary N) is 1. The Kier molecular flexibility index (Phi) is 4.23. The Balaban J connectivity index is 2.82. The number of carbonyl (C=O) groups excluding carboxylic acids is 1. The molecular weight excluding hydrogens is 266 g/mol. The van der Waals surface area contributed by atoms with Crippen LogP contribution in [0.4, 0.5) is 0 Å². The highest BCUT2D eigenvalue weighted by atomic mass is 32.3. The second-order valence-electron chi connectivity index (χ2n) is 3.12. The molecule has 0 atom stereocenters. The van der Waals surface area contributed by atoms with Crippen molar-refractivity contribution >= 4 is 22.3 Å². The van der Waals surface area contributed by atoms with Crippen molar-refractivity contribution in [2.75, 3.05) is 6.54 Å². The molecule has 0 aliphatic carbocycles. The van der Waals surface area contributed by atoms with Crippen molar-refractivity contribution in [1.29, 1.82) is 0 Å². The number of hydrogen-bond donors (Lipinski definition) is 3. The van der Waals surface area contributed by atoms with Gasteiger partial charge < -0.3 is 14.6 Å². The minimum Gasteiger partial charge on any atom is -0.480 e. The van der Waals surface area contributed by atoms with E-state index in [1.54, 1.807) is 0 Å². The molecule has 0 aliphatic heterocycles. The largest absolute Gasteiger partial charge is 0.480 e. The first-order valence-electron chi connectivity index (χ1n) is 4.55.